The number of ether oxygens (including phenoxy) is 1. The Labute approximate surface area is 195 Å². The second-order valence-electron chi connectivity index (χ2n) is 6.86. The van der Waals surface area contributed by atoms with E-state index in [1.165, 1.54) is 18.2 Å². The third-order valence-electron chi connectivity index (χ3n) is 4.46. The fourth-order valence-corrected chi connectivity index (χ4v) is 3.59. The van der Waals surface area contributed by atoms with Crippen LogP contribution in [-0.2, 0) is 16.4 Å². The lowest BCUT2D eigenvalue weighted by molar-refractivity contribution is 0.104. The molecule has 0 bridgehead atoms. The first-order valence-corrected chi connectivity index (χ1v) is 12.4. The smallest absolute Gasteiger partial charge is 0.241 e. The lowest BCUT2D eigenvalue weighted by Gasteiger charge is -2.07. The van der Waals surface area contributed by atoms with Crippen LogP contribution in [0.5, 0.6) is 5.75 Å². The standard InChI is InChI=1S/C23H24N2O5S.C2H6/c1-2-3-9-21(31(24,27)28)22(26)17-10-12-20(13-11-17)29-15-14-19-16-30-23(25-19)18-7-5-4-6-8-18;1-2/h4-13,16H,2-3,14-15H2,1H3,(H2,24,27,28);1-2H3/b21-9-;. The van der Waals surface area contributed by atoms with Crippen LogP contribution in [0.25, 0.3) is 11.5 Å². The molecule has 0 unspecified atom stereocenters. The number of primary sulfonamides is 1. The van der Waals surface area contributed by atoms with Crippen molar-refractivity contribution >= 4 is 15.8 Å². The maximum Gasteiger partial charge on any atom is 0.241 e. The van der Waals surface area contributed by atoms with E-state index >= 15 is 0 Å². The Morgan fingerprint density at radius 2 is 1.76 bits per heavy atom. The lowest BCUT2D eigenvalue weighted by Crippen LogP contribution is -2.21. The Balaban J connectivity index is 0.00000187. The topological polar surface area (TPSA) is 112 Å². The lowest BCUT2D eigenvalue weighted by atomic mass is 10.1. The number of oxazole rings is 1. The van der Waals surface area contributed by atoms with E-state index in [0.717, 1.165) is 11.3 Å². The number of nitrogens with two attached hydrogens (primary N) is 1. The Bertz CT molecular complexity index is 1150. The van der Waals surface area contributed by atoms with Gasteiger partial charge in [0.05, 0.1) is 12.3 Å². The Morgan fingerprint density at radius 1 is 1.09 bits per heavy atom. The highest BCUT2D eigenvalue weighted by Gasteiger charge is 2.22. The van der Waals surface area contributed by atoms with Crippen molar-refractivity contribution in [1.82, 2.24) is 4.98 Å². The van der Waals surface area contributed by atoms with Crippen molar-refractivity contribution in [2.75, 3.05) is 6.61 Å². The van der Waals surface area contributed by atoms with Crippen LogP contribution < -0.4 is 9.88 Å². The maximum atomic E-state index is 12.5. The number of allylic oxidation sites excluding steroid dienone is 2. The number of Topliss-reactive ketones (excluding diaryl/α,β-unsaturated/α-hetero) is 1. The summed E-state index contributed by atoms with van der Waals surface area (Å²) in [7, 11) is -4.09. The van der Waals surface area contributed by atoms with Crippen molar-refractivity contribution in [1.29, 1.82) is 0 Å². The van der Waals surface area contributed by atoms with E-state index in [2.05, 4.69) is 4.98 Å². The molecule has 0 aliphatic rings. The van der Waals surface area contributed by atoms with Gasteiger partial charge in [0.25, 0.3) is 0 Å². The van der Waals surface area contributed by atoms with E-state index in [1.54, 1.807) is 18.4 Å². The van der Waals surface area contributed by atoms with Crippen molar-refractivity contribution in [3.63, 3.8) is 0 Å². The number of carbonyl (C=O) groups is 1. The highest BCUT2D eigenvalue weighted by molar-refractivity contribution is 7.94. The summed E-state index contributed by atoms with van der Waals surface area (Å²) in [5, 5.41) is 5.19. The van der Waals surface area contributed by atoms with Gasteiger partial charge in [0, 0.05) is 17.5 Å². The Kier molecular flexibility index (Phi) is 10.0. The molecule has 0 saturated heterocycles. The van der Waals surface area contributed by atoms with Crippen LogP contribution in [0.1, 0.15) is 49.7 Å². The third kappa shape index (κ3) is 7.69. The highest BCUT2D eigenvalue weighted by atomic mass is 32.2. The van der Waals surface area contributed by atoms with Gasteiger partial charge in [0.1, 0.15) is 16.9 Å². The van der Waals surface area contributed by atoms with Crippen molar-refractivity contribution < 1.29 is 22.4 Å². The summed E-state index contributed by atoms with van der Waals surface area (Å²) < 4.78 is 34.7. The Hall–Kier alpha value is -3.23. The predicted molar refractivity (Wildman–Crippen MR) is 129 cm³/mol. The van der Waals surface area contributed by atoms with Crippen molar-refractivity contribution in [2.24, 2.45) is 5.14 Å². The van der Waals surface area contributed by atoms with Crippen LogP contribution in [0, 0.1) is 0 Å². The molecule has 0 saturated carbocycles. The number of benzene rings is 2. The van der Waals surface area contributed by atoms with Crippen LogP contribution in [-0.4, -0.2) is 25.8 Å². The predicted octanol–water partition coefficient (Wildman–Crippen LogP) is 5.14. The summed E-state index contributed by atoms with van der Waals surface area (Å²) in [5.41, 5.74) is 1.90. The maximum absolute atomic E-state index is 12.5. The van der Waals surface area contributed by atoms with E-state index < -0.39 is 15.8 Å². The average molecular weight is 471 g/mol. The third-order valence-corrected chi connectivity index (χ3v) is 5.43. The quantitative estimate of drug-likeness (QED) is 0.324. The van der Waals surface area contributed by atoms with Gasteiger partial charge in [-0.05, 0) is 42.8 Å². The minimum absolute atomic E-state index is 0.229. The summed E-state index contributed by atoms with van der Waals surface area (Å²) in [6.07, 6.45) is 4.67. The van der Waals surface area contributed by atoms with Crippen molar-refractivity contribution in [2.45, 2.75) is 40.0 Å². The number of sulfonamides is 1. The molecule has 0 fully saturated rings. The summed E-state index contributed by atoms with van der Waals surface area (Å²) >= 11 is 0. The number of nitrogens with zero attached hydrogens (tertiary/aromatic N) is 1. The second-order valence-corrected chi connectivity index (χ2v) is 8.39. The van der Waals surface area contributed by atoms with Gasteiger partial charge in [-0.2, -0.15) is 0 Å². The van der Waals surface area contributed by atoms with Crippen molar-refractivity contribution in [3.8, 4) is 17.2 Å². The molecule has 0 aliphatic heterocycles. The molecule has 0 aliphatic carbocycles. The molecule has 1 heterocycles. The zero-order valence-electron chi connectivity index (χ0n) is 19.2. The normalized spacial score (nSPS) is 11.5. The molecule has 0 spiro atoms. The molecule has 2 N–H and O–H groups in total. The van der Waals surface area contributed by atoms with E-state index in [1.807, 2.05) is 51.1 Å². The minimum Gasteiger partial charge on any atom is -0.493 e. The van der Waals surface area contributed by atoms with Gasteiger partial charge in [-0.25, -0.2) is 18.5 Å². The number of unbranched alkanes of at least 4 members (excludes halogenated alkanes) is 1. The number of aromatic nitrogens is 1. The zero-order chi connectivity index (χ0) is 24.3. The summed E-state index contributed by atoms with van der Waals surface area (Å²) in [5.74, 6) is 0.483. The molecule has 33 heavy (non-hydrogen) atoms. The fourth-order valence-electron chi connectivity index (χ4n) is 2.87. The molecule has 7 nitrogen and oxygen atoms in total. The first-order chi connectivity index (χ1) is 15.9. The van der Waals surface area contributed by atoms with Gasteiger partial charge in [0.15, 0.2) is 0 Å². The molecule has 3 rings (SSSR count). The van der Waals surface area contributed by atoms with Crippen LogP contribution in [0.2, 0.25) is 0 Å². The molecule has 0 radical (unpaired) electrons. The molecule has 0 amide bonds. The van der Waals surface area contributed by atoms with Crippen LogP contribution in [0.4, 0.5) is 0 Å². The van der Waals surface area contributed by atoms with E-state index in [9.17, 15) is 13.2 Å². The zero-order valence-corrected chi connectivity index (χ0v) is 20.0. The first kappa shape index (κ1) is 26.0. The molecule has 176 valence electrons. The number of hydrogen-bond donors (Lipinski definition) is 1. The number of ketones is 1. The van der Waals surface area contributed by atoms with E-state index in [0.29, 0.717) is 37.5 Å². The van der Waals surface area contributed by atoms with Crippen LogP contribution in [0.15, 0.2) is 76.3 Å². The summed E-state index contributed by atoms with van der Waals surface area (Å²) in [6.45, 7) is 6.25. The minimum atomic E-state index is -4.09. The molecule has 1 aromatic heterocycles. The highest BCUT2D eigenvalue weighted by Crippen LogP contribution is 2.20. The monoisotopic (exact) mass is 470 g/mol. The molecular weight excluding hydrogens is 440 g/mol. The van der Waals surface area contributed by atoms with E-state index in [-0.39, 0.29) is 10.5 Å². The number of carbonyl (C=O) groups excluding carboxylic acids is 1. The number of rotatable bonds is 10. The molecule has 8 heteroatoms. The van der Waals surface area contributed by atoms with Gasteiger partial charge in [-0.15, -0.1) is 0 Å². The fraction of sp³-hybridized carbons (Fsp3) is 0.280. The van der Waals surface area contributed by atoms with Crippen molar-refractivity contribution in [3.05, 3.63) is 83.1 Å². The largest absolute Gasteiger partial charge is 0.493 e. The van der Waals surface area contributed by atoms with Gasteiger partial charge in [-0.1, -0.05) is 51.5 Å². The van der Waals surface area contributed by atoms with Gasteiger partial charge in [-0.3, -0.25) is 4.79 Å². The van der Waals surface area contributed by atoms with Crippen LogP contribution in [0.3, 0.4) is 0 Å². The van der Waals surface area contributed by atoms with Gasteiger partial charge in [0.2, 0.25) is 21.7 Å². The van der Waals surface area contributed by atoms with E-state index in [4.69, 9.17) is 14.3 Å². The average Bonchev–Trinajstić information content (AvgIpc) is 3.30. The first-order valence-electron chi connectivity index (χ1n) is 10.9. The number of hydrogen-bond acceptors (Lipinski definition) is 6. The molecule has 0 atom stereocenters. The van der Waals surface area contributed by atoms with Gasteiger partial charge >= 0.3 is 0 Å². The van der Waals surface area contributed by atoms with Gasteiger partial charge < -0.3 is 9.15 Å². The SMILES string of the molecule is CC.CCC/C=C(/C(=O)c1ccc(OCCc2coc(-c3ccccc3)n2)cc1)S(N)(=O)=O. The summed E-state index contributed by atoms with van der Waals surface area (Å²) in [6, 6.07) is 15.9. The van der Waals surface area contributed by atoms with Crippen LogP contribution >= 0.6 is 0 Å². The second kappa shape index (κ2) is 12.7. The molecular formula is C25H30N2O5S. The molecule has 2 aromatic carbocycles. The molecule has 3 aromatic rings. The Morgan fingerprint density at radius 3 is 2.36 bits per heavy atom. The summed E-state index contributed by atoms with van der Waals surface area (Å²) in [4.78, 5) is 16.6.